The summed E-state index contributed by atoms with van der Waals surface area (Å²) in [7, 11) is 0. The van der Waals surface area contributed by atoms with Crippen molar-refractivity contribution in [1.29, 1.82) is 5.26 Å². The molecule has 1 aromatic carbocycles. The number of aryl methyl sites for hydroxylation is 2. The first-order valence-corrected chi connectivity index (χ1v) is 8.81. The van der Waals surface area contributed by atoms with Crippen LogP contribution in [0, 0.1) is 21.4 Å². The Morgan fingerprint density at radius 3 is 2.92 bits per heavy atom. The molecule has 0 saturated carbocycles. The summed E-state index contributed by atoms with van der Waals surface area (Å²) in [5.41, 5.74) is 3.32. The van der Waals surface area contributed by atoms with Crippen LogP contribution in [0.15, 0.2) is 23.2 Å². The summed E-state index contributed by atoms with van der Waals surface area (Å²) < 4.78 is 0. The molecular weight excluding hydrogens is 322 g/mol. The SMILES string of the molecule is CCc1ccc(/C=N\c2sc3c(c2C#N)CCCC3)cc1[N+](=O)[O-]. The lowest BCUT2D eigenvalue weighted by Crippen LogP contribution is -1.99. The molecule has 0 aliphatic heterocycles. The number of thiophene rings is 1. The van der Waals surface area contributed by atoms with Crippen LogP contribution >= 0.6 is 11.3 Å². The Kier molecular flexibility index (Phi) is 4.72. The van der Waals surface area contributed by atoms with Crippen LogP contribution in [0.2, 0.25) is 0 Å². The van der Waals surface area contributed by atoms with Gasteiger partial charge in [0.15, 0.2) is 0 Å². The van der Waals surface area contributed by atoms with Gasteiger partial charge in [-0.3, -0.25) is 10.1 Å². The molecule has 2 aromatic rings. The molecule has 0 N–H and O–H groups in total. The quantitative estimate of drug-likeness (QED) is 0.459. The number of nitriles is 1. The maximum atomic E-state index is 11.2. The Morgan fingerprint density at radius 1 is 1.42 bits per heavy atom. The number of rotatable bonds is 4. The molecule has 1 heterocycles. The Balaban J connectivity index is 1.94. The Hall–Kier alpha value is -2.52. The van der Waals surface area contributed by atoms with Crippen molar-refractivity contribution in [2.24, 2.45) is 4.99 Å². The summed E-state index contributed by atoms with van der Waals surface area (Å²) in [4.78, 5) is 16.5. The van der Waals surface area contributed by atoms with E-state index in [2.05, 4.69) is 11.1 Å². The maximum Gasteiger partial charge on any atom is 0.273 e. The van der Waals surface area contributed by atoms with Crippen LogP contribution in [-0.2, 0) is 19.3 Å². The second kappa shape index (κ2) is 6.93. The van der Waals surface area contributed by atoms with E-state index in [0.717, 1.165) is 31.2 Å². The molecule has 0 radical (unpaired) electrons. The van der Waals surface area contributed by atoms with Crippen molar-refractivity contribution in [1.82, 2.24) is 0 Å². The Bertz CT molecular complexity index is 862. The van der Waals surface area contributed by atoms with Gasteiger partial charge in [0.2, 0.25) is 0 Å². The van der Waals surface area contributed by atoms with Gasteiger partial charge >= 0.3 is 0 Å². The maximum absolute atomic E-state index is 11.2. The van der Waals surface area contributed by atoms with E-state index in [0.29, 0.717) is 28.1 Å². The van der Waals surface area contributed by atoms with Crippen LogP contribution in [0.1, 0.15) is 46.9 Å². The number of hydrogen-bond acceptors (Lipinski definition) is 5. The molecule has 24 heavy (non-hydrogen) atoms. The van der Waals surface area contributed by atoms with Crippen LogP contribution < -0.4 is 0 Å². The van der Waals surface area contributed by atoms with E-state index in [4.69, 9.17) is 0 Å². The molecule has 122 valence electrons. The van der Waals surface area contributed by atoms with Gasteiger partial charge in [-0.05, 0) is 43.2 Å². The fourth-order valence-electron chi connectivity index (χ4n) is 3.02. The molecule has 6 heteroatoms. The molecule has 0 bridgehead atoms. The van der Waals surface area contributed by atoms with E-state index >= 15 is 0 Å². The number of nitro benzene ring substituents is 1. The molecule has 1 aliphatic carbocycles. The highest BCUT2D eigenvalue weighted by Crippen LogP contribution is 2.39. The molecule has 0 spiro atoms. The van der Waals surface area contributed by atoms with Gasteiger partial charge in [-0.1, -0.05) is 19.1 Å². The van der Waals surface area contributed by atoms with Crippen molar-refractivity contribution >= 4 is 28.2 Å². The van der Waals surface area contributed by atoms with Gasteiger partial charge in [0.1, 0.15) is 11.1 Å². The molecule has 5 nitrogen and oxygen atoms in total. The summed E-state index contributed by atoms with van der Waals surface area (Å²) in [6.45, 7) is 1.89. The number of nitrogens with zero attached hydrogens (tertiary/aromatic N) is 3. The van der Waals surface area contributed by atoms with Crippen LogP contribution in [0.25, 0.3) is 0 Å². The predicted octanol–water partition coefficient (Wildman–Crippen LogP) is 4.72. The fourth-order valence-corrected chi connectivity index (χ4v) is 4.20. The minimum atomic E-state index is -0.360. The van der Waals surface area contributed by atoms with Crippen molar-refractivity contribution in [2.75, 3.05) is 0 Å². The van der Waals surface area contributed by atoms with Gasteiger partial charge in [0, 0.05) is 22.7 Å². The second-order valence-corrected chi connectivity index (χ2v) is 6.84. The number of aliphatic imine (C=N–C) groups is 1. The van der Waals surface area contributed by atoms with Gasteiger partial charge in [0.25, 0.3) is 5.69 Å². The topological polar surface area (TPSA) is 79.3 Å². The van der Waals surface area contributed by atoms with E-state index in [1.54, 1.807) is 29.7 Å². The van der Waals surface area contributed by atoms with Crippen molar-refractivity contribution in [3.05, 3.63) is 55.4 Å². The molecule has 0 amide bonds. The van der Waals surface area contributed by atoms with Crippen LogP contribution in [0.4, 0.5) is 10.7 Å². The minimum Gasteiger partial charge on any atom is -0.258 e. The third kappa shape index (κ3) is 3.08. The number of hydrogen-bond donors (Lipinski definition) is 0. The third-order valence-corrected chi connectivity index (χ3v) is 5.48. The van der Waals surface area contributed by atoms with Crippen molar-refractivity contribution < 1.29 is 4.92 Å². The largest absolute Gasteiger partial charge is 0.273 e. The normalized spacial score (nSPS) is 13.7. The van der Waals surface area contributed by atoms with Crippen LogP contribution in [0.3, 0.4) is 0 Å². The van der Waals surface area contributed by atoms with Gasteiger partial charge in [0.05, 0.1) is 10.5 Å². The first-order valence-electron chi connectivity index (χ1n) is 8.00. The van der Waals surface area contributed by atoms with Gasteiger partial charge < -0.3 is 0 Å². The Morgan fingerprint density at radius 2 is 2.21 bits per heavy atom. The molecule has 3 rings (SSSR count). The number of fused-ring (bicyclic) bond motifs is 1. The molecular formula is C18H17N3O2S. The predicted molar refractivity (Wildman–Crippen MR) is 95.4 cm³/mol. The monoisotopic (exact) mass is 339 g/mol. The minimum absolute atomic E-state index is 0.118. The summed E-state index contributed by atoms with van der Waals surface area (Å²) in [5, 5.41) is 21.3. The standard InChI is InChI=1S/C18H17N3O2S/c1-2-13-8-7-12(9-16(13)21(22)23)11-20-18-15(10-19)14-5-3-4-6-17(14)24-18/h7-9,11H,2-6H2,1H3/b20-11-. The van der Waals surface area contributed by atoms with Gasteiger partial charge in [-0.15, -0.1) is 11.3 Å². The molecule has 0 saturated heterocycles. The van der Waals surface area contributed by atoms with Gasteiger partial charge in [-0.25, -0.2) is 4.99 Å². The summed E-state index contributed by atoms with van der Waals surface area (Å²) in [5.74, 6) is 0. The van der Waals surface area contributed by atoms with Crippen molar-refractivity contribution in [3.63, 3.8) is 0 Å². The zero-order valence-electron chi connectivity index (χ0n) is 13.4. The Labute approximate surface area is 144 Å². The van der Waals surface area contributed by atoms with Crippen LogP contribution in [-0.4, -0.2) is 11.1 Å². The van der Waals surface area contributed by atoms with Crippen molar-refractivity contribution in [2.45, 2.75) is 39.0 Å². The van der Waals surface area contributed by atoms with E-state index in [9.17, 15) is 15.4 Å². The number of benzene rings is 1. The smallest absolute Gasteiger partial charge is 0.258 e. The summed E-state index contributed by atoms with van der Waals surface area (Å²) in [6.07, 6.45) is 6.47. The molecule has 0 atom stereocenters. The lowest BCUT2D eigenvalue weighted by Gasteiger charge is -2.09. The van der Waals surface area contributed by atoms with Gasteiger partial charge in [-0.2, -0.15) is 5.26 Å². The fraction of sp³-hybridized carbons (Fsp3) is 0.333. The van der Waals surface area contributed by atoms with E-state index in [1.165, 1.54) is 4.88 Å². The second-order valence-electron chi connectivity index (χ2n) is 5.76. The highest BCUT2D eigenvalue weighted by atomic mass is 32.1. The number of nitro groups is 1. The average molecular weight is 339 g/mol. The van der Waals surface area contributed by atoms with Crippen molar-refractivity contribution in [3.8, 4) is 6.07 Å². The molecule has 0 fully saturated rings. The first kappa shape index (κ1) is 16.3. The molecule has 1 aromatic heterocycles. The lowest BCUT2D eigenvalue weighted by molar-refractivity contribution is -0.385. The third-order valence-electron chi connectivity index (χ3n) is 4.28. The zero-order chi connectivity index (χ0) is 17.1. The summed E-state index contributed by atoms with van der Waals surface area (Å²) in [6, 6.07) is 7.42. The highest BCUT2D eigenvalue weighted by Gasteiger charge is 2.20. The van der Waals surface area contributed by atoms with E-state index in [-0.39, 0.29) is 10.6 Å². The van der Waals surface area contributed by atoms with Crippen LogP contribution in [0.5, 0.6) is 0 Å². The van der Waals surface area contributed by atoms with E-state index in [1.807, 2.05) is 13.0 Å². The average Bonchev–Trinajstić information content (AvgIpc) is 2.97. The first-order chi connectivity index (χ1) is 11.6. The molecule has 0 unspecified atom stereocenters. The highest BCUT2D eigenvalue weighted by molar-refractivity contribution is 7.16. The molecule has 1 aliphatic rings. The summed E-state index contributed by atoms with van der Waals surface area (Å²) >= 11 is 1.57. The van der Waals surface area contributed by atoms with E-state index < -0.39 is 0 Å². The zero-order valence-corrected chi connectivity index (χ0v) is 14.2. The lowest BCUT2D eigenvalue weighted by atomic mass is 9.96.